The molecule has 2 unspecified atom stereocenters. The van der Waals surface area contributed by atoms with Crippen LogP contribution in [0.1, 0.15) is 31.2 Å². The Morgan fingerprint density at radius 2 is 1.93 bits per heavy atom. The largest absolute Gasteiger partial charge is 0.391 e. The highest BCUT2D eigenvalue weighted by molar-refractivity contribution is 9.10. The Morgan fingerprint density at radius 1 is 1.27 bits per heavy atom. The summed E-state index contributed by atoms with van der Waals surface area (Å²) in [4.78, 5) is 0. The predicted molar refractivity (Wildman–Crippen MR) is 64.5 cm³/mol. The number of halogens is 1. The minimum Gasteiger partial charge on any atom is -0.391 e. The molecule has 3 N–H and O–H groups in total. The summed E-state index contributed by atoms with van der Waals surface area (Å²) < 4.78 is 1.04. The quantitative estimate of drug-likeness (QED) is 0.823. The summed E-state index contributed by atoms with van der Waals surface area (Å²) >= 11 is 3.40. The van der Waals surface area contributed by atoms with Crippen LogP contribution >= 0.6 is 15.9 Å². The molecular weight excluding hydrogens is 254 g/mol. The van der Waals surface area contributed by atoms with E-state index in [4.69, 9.17) is 5.73 Å². The van der Waals surface area contributed by atoms with E-state index < -0.39 is 11.6 Å². The Hall–Kier alpha value is -0.380. The van der Waals surface area contributed by atoms with Gasteiger partial charge in [0.05, 0.1) is 11.6 Å². The Morgan fingerprint density at radius 3 is 2.53 bits per heavy atom. The second-order valence-corrected chi connectivity index (χ2v) is 5.22. The Kier molecular flexibility index (Phi) is 3.14. The fourth-order valence-electron chi connectivity index (χ4n) is 2.28. The van der Waals surface area contributed by atoms with Crippen LogP contribution in [0.4, 0.5) is 0 Å². The van der Waals surface area contributed by atoms with E-state index in [0.717, 1.165) is 35.7 Å². The van der Waals surface area contributed by atoms with Gasteiger partial charge >= 0.3 is 0 Å². The van der Waals surface area contributed by atoms with Crippen LogP contribution in [0.25, 0.3) is 0 Å². The lowest BCUT2D eigenvalue weighted by atomic mass is 9.75. The summed E-state index contributed by atoms with van der Waals surface area (Å²) in [6.07, 6.45) is 3.45. The fourth-order valence-corrected chi connectivity index (χ4v) is 2.54. The highest BCUT2D eigenvalue weighted by atomic mass is 79.9. The van der Waals surface area contributed by atoms with Gasteiger partial charge in [-0.3, -0.25) is 0 Å². The number of hydrogen-bond acceptors (Lipinski definition) is 2. The molecule has 0 amide bonds. The average Bonchev–Trinajstić information content (AvgIpc) is 2.23. The monoisotopic (exact) mass is 269 g/mol. The number of aliphatic hydroxyl groups excluding tert-OH is 1. The van der Waals surface area contributed by atoms with Gasteiger partial charge in [-0.2, -0.15) is 0 Å². The molecule has 1 aromatic rings. The number of aliphatic hydroxyl groups is 1. The smallest absolute Gasteiger partial charge is 0.0761 e. The van der Waals surface area contributed by atoms with E-state index in [1.165, 1.54) is 0 Å². The van der Waals surface area contributed by atoms with Crippen molar-refractivity contribution >= 4 is 15.9 Å². The first kappa shape index (κ1) is 11.1. The van der Waals surface area contributed by atoms with E-state index in [1.807, 2.05) is 24.3 Å². The van der Waals surface area contributed by atoms with E-state index in [0.29, 0.717) is 0 Å². The minimum absolute atomic E-state index is 0.410. The van der Waals surface area contributed by atoms with E-state index in [1.54, 1.807) is 0 Å². The molecule has 0 saturated heterocycles. The van der Waals surface area contributed by atoms with Crippen molar-refractivity contribution in [3.8, 4) is 0 Å². The van der Waals surface area contributed by atoms with Gasteiger partial charge in [-0.15, -0.1) is 0 Å². The molecule has 0 aliphatic heterocycles. The van der Waals surface area contributed by atoms with Crippen molar-refractivity contribution in [2.45, 2.75) is 37.3 Å². The standard InChI is InChI=1S/C12H16BrNO/c13-10-6-4-9(5-7-10)12(14)8-2-1-3-11(12)15/h4-7,11,15H,1-3,8,14H2. The van der Waals surface area contributed by atoms with Crippen molar-refractivity contribution in [2.24, 2.45) is 5.73 Å². The first-order valence-electron chi connectivity index (χ1n) is 5.36. The molecule has 82 valence electrons. The minimum atomic E-state index is -0.543. The Labute approximate surface area is 98.6 Å². The second-order valence-electron chi connectivity index (χ2n) is 4.31. The van der Waals surface area contributed by atoms with E-state index in [2.05, 4.69) is 15.9 Å². The summed E-state index contributed by atoms with van der Waals surface area (Å²) in [5.74, 6) is 0. The first-order valence-corrected chi connectivity index (χ1v) is 6.15. The van der Waals surface area contributed by atoms with Crippen LogP contribution < -0.4 is 5.73 Å². The third kappa shape index (κ3) is 2.10. The number of benzene rings is 1. The lowest BCUT2D eigenvalue weighted by Crippen LogP contribution is -2.49. The zero-order chi connectivity index (χ0) is 10.9. The van der Waals surface area contributed by atoms with Crippen molar-refractivity contribution in [3.63, 3.8) is 0 Å². The highest BCUT2D eigenvalue weighted by Crippen LogP contribution is 2.35. The molecule has 2 nitrogen and oxygen atoms in total. The van der Waals surface area contributed by atoms with Gasteiger partial charge in [0.15, 0.2) is 0 Å². The zero-order valence-electron chi connectivity index (χ0n) is 8.62. The SMILES string of the molecule is NC1(c2ccc(Br)cc2)CCCCC1O. The van der Waals surface area contributed by atoms with E-state index in [-0.39, 0.29) is 0 Å². The predicted octanol–water partition coefficient (Wildman–Crippen LogP) is 2.54. The van der Waals surface area contributed by atoms with Crippen molar-refractivity contribution in [3.05, 3.63) is 34.3 Å². The molecule has 0 spiro atoms. The maximum atomic E-state index is 10.0. The molecular formula is C12H16BrNO. The van der Waals surface area contributed by atoms with Gasteiger partial charge in [0.2, 0.25) is 0 Å². The molecule has 0 radical (unpaired) electrons. The third-order valence-corrected chi connectivity index (χ3v) is 3.82. The van der Waals surface area contributed by atoms with Crippen LogP contribution in [-0.4, -0.2) is 11.2 Å². The van der Waals surface area contributed by atoms with Gasteiger partial charge in [0.1, 0.15) is 0 Å². The molecule has 2 atom stereocenters. The molecule has 1 aliphatic carbocycles. The maximum absolute atomic E-state index is 10.0. The van der Waals surface area contributed by atoms with Gasteiger partial charge in [0, 0.05) is 4.47 Å². The number of nitrogens with two attached hydrogens (primary N) is 1. The lowest BCUT2D eigenvalue weighted by Gasteiger charge is -2.38. The normalized spacial score (nSPS) is 31.5. The molecule has 3 heteroatoms. The number of rotatable bonds is 1. The fraction of sp³-hybridized carbons (Fsp3) is 0.500. The number of hydrogen-bond donors (Lipinski definition) is 2. The summed E-state index contributed by atoms with van der Waals surface area (Å²) in [5.41, 5.74) is 6.81. The lowest BCUT2D eigenvalue weighted by molar-refractivity contribution is 0.0450. The Bertz CT molecular complexity index is 338. The topological polar surface area (TPSA) is 46.2 Å². The van der Waals surface area contributed by atoms with Crippen LogP contribution in [0.5, 0.6) is 0 Å². The van der Waals surface area contributed by atoms with Gasteiger partial charge in [-0.25, -0.2) is 0 Å². The zero-order valence-corrected chi connectivity index (χ0v) is 10.2. The van der Waals surface area contributed by atoms with Crippen LogP contribution in [0.2, 0.25) is 0 Å². The van der Waals surface area contributed by atoms with Gasteiger partial charge in [0.25, 0.3) is 0 Å². The maximum Gasteiger partial charge on any atom is 0.0761 e. The summed E-state index contributed by atoms with van der Waals surface area (Å²) in [7, 11) is 0. The van der Waals surface area contributed by atoms with E-state index >= 15 is 0 Å². The highest BCUT2D eigenvalue weighted by Gasteiger charge is 2.37. The molecule has 2 rings (SSSR count). The van der Waals surface area contributed by atoms with Crippen LogP contribution in [0, 0.1) is 0 Å². The van der Waals surface area contributed by atoms with Crippen molar-refractivity contribution in [1.29, 1.82) is 0 Å². The molecule has 1 aromatic carbocycles. The molecule has 1 aliphatic rings. The second kappa shape index (κ2) is 4.24. The van der Waals surface area contributed by atoms with Crippen LogP contribution in [0.15, 0.2) is 28.7 Å². The van der Waals surface area contributed by atoms with Crippen molar-refractivity contribution in [1.82, 2.24) is 0 Å². The molecule has 1 fully saturated rings. The molecule has 0 bridgehead atoms. The van der Waals surface area contributed by atoms with Gasteiger partial charge in [-0.1, -0.05) is 40.9 Å². The summed E-state index contributed by atoms with van der Waals surface area (Å²) in [6.45, 7) is 0. The third-order valence-electron chi connectivity index (χ3n) is 3.29. The van der Waals surface area contributed by atoms with Gasteiger partial charge in [-0.05, 0) is 30.5 Å². The Balaban J connectivity index is 2.30. The average molecular weight is 270 g/mol. The molecule has 1 saturated carbocycles. The van der Waals surface area contributed by atoms with Crippen LogP contribution in [0.3, 0.4) is 0 Å². The van der Waals surface area contributed by atoms with Crippen LogP contribution in [-0.2, 0) is 5.54 Å². The van der Waals surface area contributed by atoms with Crippen molar-refractivity contribution in [2.75, 3.05) is 0 Å². The summed E-state index contributed by atoms with van der Waals surface area (Å²) in [5, 5.41) is 10.0. The molecule has 0 heterocycles. The molecule has 0 aromatic heterocycles. The first-order chi connectivity index (χ1) is 7.13. The summed E-state index contributed by atoms with van der Waals surface area (Å²) in [6, 6.07) is 7.95. The van der Waals surface area contributed by atoms with E-state index in [9.17, 15) is 5.11 Å². The van der Waals surface area contributed by atoms with Gasteiger partial charge < -0.3 is 10.8 Å². The molecule has 15 heavy (non-hydrogen) atoms. The van der Waals surface area contributed by atoms with Crippen molar-refractivity contribution < 1.29 is 5.11 Å².